The summed E-state index contributed by atoms with van der Waals surface area (Å²) in [6, 6.07) is 0. The topological polar surface area (TPSA) is 77.8 Å². The van der Waals surface area contributed by atoms with E-state index in [0.717, 1.165) is 25.7 Å². The van der Waals surface area contributed by atoms with Crippen LogP contribution in [0.15, 0.2) is 11.6 Å². The van der Waals surface area contributed by atoms with Crippen molar-refractivity contribution >= 4 is 5.78 Å². The minimum atomic E-state index is -0.729. The molecular weight excluding hydrogens is 304 g/mol. The smallest absolute Gasteiger partial charge is 0.134 e. The Balaban J connectivity index is 1.97. The van der Waals surface area contributed by atoms with Gasteiger partial charge in [0.2, 0.25) is 0 Å². The van der Waals surface area contributed by atoms with Crippen molar-refractivity contribution in [2.75, 3.05) is 13.2 Å². The number of hydrogen-bond donors (Lipinski definition) is 3. The van der Waals surface area contributed by atoms with Crippen molar-refractivity contribution in [3.63, 3.8) is 0 Å². The molecule has 0 heterocycles. The highest BCUT2D eigenvalue weighted by molar-refractivity contribution is 5.81. The summed E-state index contributed by atoms with van der Waals surface area (Å²) in [5.41, 5.74) is 0.580. The first-order valence-corrected chi connectivity index (χ1v) is 9.32. The Kier molecular flexibility index (Phi) is 4.47. The average molecular weight is 336 g/mol. The molecule has 0 unspecified atom stereocenters. The third kappa shape index (κ3) is 2.58. The van der Waals surface area contributed by atoms with Gasteiger partial charge in [0.25, 0.3) is 0 Å². The molecule has 0 aromatic heterocycles. The van der Waals surface area contributed by atoms with Gasteiger partial charge >= 0.3 is 0 Å². The zero-order valence-electron chi connectivity index (χ0n) is 15.2. The number of allylic oxidation sites excluding steroid dienone is 1. The number of aliphatic hydroxyl groups is 3. The Bertz CT molecular complexity index is 556. The van der Waals surface area contributed by atoms with Crippen molar-refractivity contribution in [2.24, 2.45) is 28.1 Å². The van der Waals surface area contributed by atoms with Crippen molar-refractivity contribution in [2.45, 2.75) is 65.4 Å². The number of Topliss-reactive ketones (excluding diaryl/α,β-unsaturated/α-hetero) is 1. The molecular formula is C20H32O4. The SMILES string of the molecule is C[C@@]1(CO)CC(=O)C[C@@]2(C)[C@H]3CC[C@](C)([C@@H](O)CO)C=C3CC[C@@H]12. The maximum absolute atomic E-state index is 12.5. The minimum absolute atomic E-state index is 0.0751. The van der Waals surface area contributed by atoms with Crippen LogP contribution >= 0.6 is 0 Å². The molecule has 0 amide bonds. The molecule has 3 aliphatic rings. The molecule has 0 spiro atoms. The highest BCUT2D eigenvalue weighted by atomic mass is 16.3. The maximum Gasteiger partial charge on any atom is 0.134 e. The molecule has 6 atom stereocenters. The van der Waals surface area contributed by atoms with Crippen molar-refractivity contribution in [1.29, 1.82) is 0 Å². The van der Waals surface area contributed by atoms with Gasteiger partial charge in [-0.15, -0.1) is 0 Å². The number of hydrogen-bond acceptors (Lipinski definition) is 4. The van der Waals surface area contributed by atoms with Gasteiger partial charge in [-0.2, -0.15) is 0 Å². The molecule has 0 aromatic rings. The van der Waals surface area contributed by atoms with Gasteiger partial charge in [0.15, 0.2) is 0 Å². The molecule has 136 valence electrons. The highest BCUT2D eigenvalue weighted by Crippen LogP contribution is 2.63. The summed E-state index contributed by atoms with van der Waals surface area (Å²) in [7, 11) is 0. The average Bonchev–Trinajstić information content (AvgIpc) is 2.52. The quantitative estimate of drug-likeness (QED) is 0.692. The van der Waals surface area contributed by atoms with Gasteiger partial charge in [0.1, 0.15) is 5.78 Å². The van der Waals surface area contributed by atoms with Crippen molar-refractivity contribution < 1.29 is 20.1 Å². The summed E-state index contributed by atoms with van der Waals surface area (Å²) in [4.78, 5) is 12.5. The number of rotatable bonds is 3. The van der Waals surface area contributed by atoms with Gasteiger partial charge in [0, 0.05) is 30.3 Å². The van der Waals surface area contributed by atoms with E-state index < -0.39 is 6.10 Å². The third-order valence-corrected chi connectivity index (χ3v) is 7.56. The molecule has 0 radical (unpaired) electrons. The van der Waals surface area contributed by atoms with E-state index in [1.807, 2.05) is 6.92 Å². The van der Waals surface area contributed by atoms with Crippen LogP contribution in [0.4, 0.5) is 0 Å². The van der Waals surface area contributed by atoms with Crippen LogP contribution < -0.4 is 0 Å². The molecule has 3 aliphatic carbocycles. The zero-order valence-corrected chi connectivity index (χ0v) is 15.2. The lowest BCUT2D eigenvalue weighted by molar-refractivity contribution is -0.145. The summed E-state index contributed by atoms with van der Waals surface area (Å²) >= 11 is 0. The van der Waals surface area contributed by atoms with Crippen molar-refractivity contribution in [3.8, 4) is 0 Å². The summed E-state index contributed by atoms with van der Waals surface area (Å²) in [6.45, 7) is 6.20. The fourth-order valence-corrected chi connectivity index (χ4v) is 6.21. The van der Waals surface area contributed by atoms with Crippen LogP contribution in [0.3, 0.4) is 0 Å². The second kappa shape index (κ2) is 5.93. The Hall–Kier alpha value is -0.710. The second-order valence-electron chi connectivity index (χ2n) is 9.32. The molecule has 3 N–H and O–H groups in total. The van der Waals surface area contributed by atoms with Crippen LogP contribution in [0.2, 0.25) is 0 Å². The van der Waals surface area contributed by atoms with Crippen LogP contribution in [0.1, 0.15) is 59.3 Å². The first kappa shape index (κ1) is 18.1. The molecule has 0 aliphatic heterocycles. The molecule has 0 bridgehead atoms. The number of carbonyl (C=O) groups excluding carboxylic acids is 1. The Labute approximate surface area is 145 Å². The molecule has 4 heteroatoms. The third-order valence-electron chi connectivity index (χ3n) is 7.56. The second-order valence-corrected chi connectivity index (χ2v) is 9.32. The summed E-state index contributed by atoms with van der Waals surface area (Å²) in [6.07, 6.45) is 6.31. The van der Waals surface area contributed by atoms with Gasteiger partial charge in [-0.05, 0) is 42.9 Å². The van der Waals surface area contributed by atoms with E-state index in [0.29, 0.717) is 24.7 Å². The molecule has 4 nitrogen and oxygen atoms in total. The lowest BCUT2D eigenvalue weighted by atomic mass is 9.45. The lowest BCUT2D eigenvalue weighted by Gasteiger charge is -2.59. The number of fused-ring (bicyclic) bond motifs is 3. The van der Waals surface area contributed by atoms with Gasteiger partial charge in [0.05, 0.1) is 12.7 Å². The maximum atomic E-state index is 12.5. The number of ketones is 1. The van der Waals surface area contributed by atoms with Crippen LogP contribution in [-0.2, 0) is 4.79 Å². The minimum Gasteiger partial charge on any atom is -0.396 e. The highest BCUT2D eigenvalue weighted by Gasteiger charge is 2.58. The first-order chi connectivity index (χ1) is 11.2. The van der Waals surface area contributed by atoms with E-state index in [4.69, 9.17) is 0 Å². The summed E-state index contributed by atoms with van der Waals surface area (Å²) in [5, 5.41) is 29.6. The van der Waals surface area contributed by atoms with Crippen molar-refractivity contribution in [3.05, 3.63) is 11.6 Å². The van der Waals surface area contributed by atoms with E-state index in [2.05, 4.69) is 19.9 Å². The van der Waals surface area contributed by atoms with E-state index in [1.54, 1.807) is 0 Å². The first-order valence-electron chi connectivity index (χ1n) is 9.32. The van der Waals surface area contributed by atoms with Crippen LogP contribution in [0.25, 0.3) is 0 Å². The van der Waals surface area contributed by atoms with Crippen molar-refractivity contribution in [1.82, 2.24) is 0 Å². The fraction of sp³-hybridized carbons (Fsp3) is 0.850. The summed E-state index contributed by atoms with van der Waals surface area (Å²) in [5.74, 6) is 0.989. The standard InChI is InChI=1S/C20H32O4/c1-18(17(24)11-21)7-6-15-13(8-18)4-5-16-19(2,12-22)9-14(23)10-20(15,16)3/h8,15-17,21-22,24H,4-7,9-12H2,1-3H3/t15-,16-,17-,18-,19-,20-/m0/s1. The predicted octanol–water partition coefficient (Wildman–Crippen LogP) is 2.46. The van der Waals surface area contributed by atoms with Gasteiger partial charge < -0.3 is 15.3 Å². The largest absolute Gasteiger partial charge is 0.396 e. The van der Waals surface area contributed by atoms with Gasteiger partial charge in [-0.25, -0.2) is 0 Å². The molecule has 0 aromatic carbocycles. The number of aliphatic hydroxyl groups excluding tert-OH is 3. The number of carbonyl (C=O) groups is 1. The Morgan fingerprint density at radius 2 is 1.92 bits per heavy atom. The zero-order chi connectivity index (χ0) is 17.8. The van der Waals surface area contributed by atoms with E-state index in [9.17, 15) is 20.1 Å². The van der Waals surface area contributed by atoms with Crippen LogP contribution in [0.5, 0.6) is 0 Å². The molecule has 24 heavy (non-hydrogen) atoms. The normalized spacial score (nSPS) is 46.8. The predicted molar refractivity (Wildman–Crippen MR) is 92.3 cm³/mol. The lowest BCUT2D eigenvalue weighted by Crippen LogP contribution is -2.55. The molecule has 2 saturated carbocycles. The van der Waals surface area contributed by atoms with Gasteiger partial charge in [-0.1, -0.05) is 32.4 Å². The van der Waals surface area contributed by atoms with E-state index >= 15 is 0 Å². The molecule has 3 rings (SSSR count). The van der Waals surface area contributed by atoms with Crippen LogP contribution in [0, 0.1) is 28.1 Å². The van der Waals surface area contributed by atoms with Gasteiger partial charge in [-0.3, -0.25) is 4.79 Å². The van der Waals surface area contributed by atoms with E-state index in [1.165, 1.54) is 5.57 Å². The monoisotopic (exact) mass is 336 g/mol. The Morgan fingerprint density at radius 3 is 2.54 bits per heavy atom. The van der Waals surface area contributed by atoms with E-state index in [-0.39, 0.29) is 35.2 Å². The Morgan fingerprint density at radius 1 is 1.21 bits per heavy atom. The molecule has 0 saturated heterocycles. The fourth-order valence-electron chi connectivity index (χ4n) is 6.21. The summed E-state index contributed by atoms with van der Waals surface area (Å²) < 4.78 is 0. The van der Waals surface area contributed by atoms with Crippen LogP contribution in [-0.4, -0.2) is 40.4 Å². The molecule has 2 fully saturated rings.